The normalized spacial score (nSPS) is 16.4. The van der Waals surface area contributed by atoms with Gasteiger partial charge >= 0.3 is 5.97 Å². The van der Waals surface area contributed by atoms with Crippen LogP contribution in [0.15, 0.2) is 47.4 Å². The lowest BCUT2D eigenvalue weighted by atomic mass is 10.1. The molecular weight excluding hydrogens is 417 g/mol. The molecule has 0 aliphatic carbocycles. The Kier molecular flexibility index (Phi) is 5.74. The second kappa shape index (κ2) is 8.11. The van der Waals surface area contributed by atoms with E-state index in [9.17, 15) is 27.2 Å². The van der Waals surface area contributed by atoms with Crippen LogP contribution in [-0.2, 0) is 24.4 Å². The molecule has 30 heavy (non-hydrogen) atoms. The van der Waals surface area contributed by atoms with Crippen LogP contribution in [0.25, 0.3) is 0 Å². The number of halogens is 1. The van der Waals surface area contributed by atoms with Crippen molar-refractivity contribution in [2.45, 2.75) is 18.2 Å². The highest BCUT2D eigenvalue weighted by atomic mass is 32.2. The molecule has 1 atom stereocenters. The third-order valence-electron chi connectivity index (χ3n) is 4.46. The summed E-state index contributed by atoms with van der Waals surface area (Å²) in [5.74, 6) is -3.45. The molecule has 1 saturated heterocycles. The lowest BCUT2D eigenvalue weighted by Gasteiger charge is -2.17. The average Bonchev–Trinajstić information content (AvgIpc) is 3.06. The Morgan fingerprint density at radius 1 is 1.17 bits per heavy atom. The highest BCUT2D eigenvalue weighted by molar-refractivity contribution is 7.92. The number of sulfonamides is 1. The van der Waals surface area contributed by atoms with Gasteiger partial charge in [-0.1, -0.05) is 0 Å². The number of amides is 2. The van der Waals surface area contributed by atoms with Crippen molar-refractivity contribution < 1.29 is 32.3 Å². The molecule has 158 valence electrons. The van der Waals surface area contributed by atoms with Crippen molar-refractivity contribution in [1.29, 1.82) is 0 Å². The van der Waals surface area contributed by atoms with E-state index >= 15 is 0 Å². The quantitative estimate of drug-likeness (QED) is 0.636. The largest absolute Gasteiger partial charge is 0.481 e. The summed E-state index contributed by atoms with van der Waals surface area (Å²) in [4.78, 5) is 35.4. The molecule has 2 aromatic rings. The summed E-state index contributed by atoms with van der Waals surface area (Å²) in [6, 6.07) is 8.74. The molecule has 3 N–H and O–H groups in total. The first-order chi connectivity index (χ1) is 14.1. The molecule has 0 radical (unpaired) electrons. The van der Waals surface area contributed by atoms with Crippen LogP contribution >= 0.6 is 0 Å². The number of nitrogens with zero attached hydrogens (tertiary/aromatic N) is 1. The first-order valence-electron chi connectivity index (χ1n) is 8.80. The fourth-order valence-electron chi connectivity index (χ4n) is 3.02. The second-order valence-electron chi connectivity index (χ2n) is 6.72. The van der Waals surface area contributed by atoms with Crippen LogP contribution in [0.1, 0.15) is 13.3 Å². The average molecular weight is 435 g/mol. The van der Waals surface area contributed by atoms with Crippen molar-refractivity contribution in [2.24, 2.45) is 5.92 Å². The number of carbonyl (C=O) groups excluding carboxylic acids is 2. The van der Waals surface area contributed by atoms with E-state index in [1.807, 2.05) is 0 Å². The number of anilines is 3. The van der Waals surface area contributed by atoms with Crippen LogP contribution in [0.2, 0.25) is 0 Å². The number of carbonyl (C=O) groups is 3. The van der Waals surface area contributed by atoms with Gasteiger partial charge in [-0.25, -0.2) is 12.8 Å². The Morgan fingerprint density at radius 3 is 2.40 bits per heavy atom. The minimum Gasteiger partial charge on any atom is -0.481 e. The van der Waals surface area contributed by atoms with Gasteiger partial charge in [0.05, 0.1) is 22.2 Å². The first kappa shape index (κ1) is 21.2. The Balaban J connectivity index is 1.78. The van der Waals surface area contributed by atoms with Gasteiger partial charge in [0.2, 0.25) is 11.8 Å². The lowest BCUT2D eigenvalue weighted by Crippen LogP contribution is -2.25. The van der Waals surface area contributed by atoms with Gasteiger partial charge in [0.25, 0.3) is 10.0 Å². The minimum atomic E-state index is -4.03. The summed E-state index contributed by atoms with van der Waals surface area (Å²) in [5.41, 5.74) is 0.263. The Bertz CT molecular complexity index is 1120. The van der Waals surface area contributed by atoms with E-state index in [-0.39, 0.29) is 35.1 Å². The van der Waals surface area contributed by atoms with Crippen molar-refractivity contribution in [3.05, 3.63) is 48.3 Å². The van der Waals surface area contributed by atoms with Crippen LogP contribution in [0.5, 0.6) is 0 Å². The molecule has 0 saturated carbocycles. The lowest BCUT2D eigenvalue weighted by molar-refractivity contribution is -0.141. The van der Waals surface area contributed by atoms with E-state index in [0.717, 1.165) is 12.1 Å². The summed E-state index contributed by atoms with van der Waals surface area (Å²) in [7, 11) is -4.03. The van der Waals surface area contributed by atoms with Crippen LogP contribution in [0.4, 0.5) is 21.5 Å². The Labute approximate surface area is 171 Å². The molecule has 0 spiro atoms. The van der Waals surface area contributed by atoms with E-state index in [0.29, 0.717) is 5.69 Å². The van der Waals surface area contributed by atoms with Crippen molar-refractivity contribution >= 4 is 44.9 Å². The van der Waals surface area contributed by atoms with Crippen molar-refractivity contribution in [3.8, 4) is 0 Å². The number of aliphatic carboxylic acids is 1. The van der Waals surface area contributed by atoms with Gasteiger partial charge in [-0.2, -0.15) is 0 Å². The third kappa shape index (κ3) is 4.57. The summed E-state index contributed by atoms with van der Waals surface area (Å²) in [6.07, 6.45) is -0.113. The zero-order valence-corrected chi connectivity index (χ0v) is 16.6. The molecule has 9 nitrogen and oxygen atoms in total. The molecule has 1 aliphatic rings. The smallest absolute Gasteiger partial charge is 0.308 e. The fourth-order valence-corrected chi connectivity index (χ4v) is 4.07. The van der Waals surface area contributed by atoms with Crippen LogP contribution < -0.4 is 14.9 Å². The van der Waals surface area contributed by atoms with Gasteiger partial charge in [0.1, 0.15) is 5.82 Å². The number of nitrogens with one attached hydrogen (secondary N) is 2. The fraction of sp³-hybridized carbons (Fsp3) is 0.211. The maximum atomic E-state index is 13.7. The van der Waals surface area contributed by atoms with Crippen molar-refractivity contribution in [2.75, 3.05) is 21.5 Å². The highest BCUT2D eigenvalue weighted by Gasteiger charge is 2.35. The molecule has 0 bridgehead atoms. The molecular formula is C19H18FN3O6S. The monoisotopic (exact) mass is 435 g/mol. The summed E-state index contributed by atoms with van der Waals surface area (Å²) >= 11 is 0. The van der Waals surface area contributed by atoms with E-state index in [2.05, 4.69) is 10.0 Å². The van der Waals surface area contributed by atoms with Gasteiger partial charge in [-0.15, -0.1) is 0 Å². The van der Waals surface area contributed by atoms with Crippen LogP contribution in [0, 0.1) is 11.7 Å². The topological polar surface area (TPSA) is 133 Å². The van der Waals surface area contributed by atoms with Gasteiger partial charge in [0.15, 0.2) is 0 Å². The first-order valence-corrected chi connectivity index (χ1v) is 10.3. The van der Waals surface area contributed by atoms with Gasteiger partial charge < -0.3 is 15.3 Å². The molecule has 1 fully saturated rings. The zero-order chi connectivity index (χ0) is 22.1. The summed E-state index contributed by atoms with van der Waals surface area (Å²) in [6.45, 7) is 1.21. The van der Waals surface area contributed by atoms with Gasteiger partial charge in [-0.3, -0.25) is 19.1 Å². The molecule has 1 unspecified atom stereocenters. The van der Waals surface area contributed by atoms with Crippen molar-refractivity contribution in [1.82, 2.24) is 0 Å². The zero-order valence-electron chi connectivity index (χ0n) is 15.8. The Hall–Kier alpha value is -3.47. The molecule has 1 heterocycles. The standard InChI is InChI=1S/C19H18FN3O6S/c1-11(24)21-17-9-13(2-7-16(17)20)22-30(28,29)15-5-3-14(4-6-15)23-10-12(19(26)27)8-18(23)25/h2-7,9,12,22H,8,10H2,1H3,(H,21,24)(H,26,27). The molecule has 2 aromatic carbocycles. The SMILES string of the molecule is CC(=O)Nc1cc(NS(=O)(=O)c2ccc(N3CC(C(=O)O)CC3=O)cc2)ccc1F. The molecule has 3 rings (SSSR count). The number of hydrogen-bond acceptors (Lipinski definition) is 5. The molecule has 1 aliphatic heterocycles. The van der Waals surface area contributed by atoms with E-state index in [1.54, 1.807) is 0 Å². The van der Waals surface area contributed by atoms with Crippen molar-refractivity contribution in [3.63, 3.8) is 0 Å². The number of benzene rings is 2. The highest BCUT2D eigenvalue weighted by Crippen LogP contribution is 2.27. The van der Waals surface area contributed by atoms with Gasteiger partial charge in [-0.05, 0) is 42.5 Å². The summed E-state index contributed by atoms with van der Waals surface area (Å²) in [5, 5.41) is 11.3. The number of rotatable bonds is 6. The predicted molar refractivity (Wildman–Crippen MR) is 106 cm³/mol. The Morgan fingerprint density at radius 2 is 1.83 bits per heavy atom. The maximum absolute atomic E-state index is 13.7. The van der Waals surface area contributed by atoms with Crippen LogP contribution in [0.3, 0.4) is 0 Å². The number of carboxylic acid groups (broad SMARTS) is 1. The van der Waals surface area contributed by atoms with E-state index < -0.39 is 33.6 Å². The molecule has 2 amide bonds. The van der Waals surface area contributed by atoms with Gasteiger partial charge in [0, 0.05) is 25.6 Å². The minimum absolute atomic E-state index is 0.0139. The number of carboxylic acids is 1. The number of hydrogen-bond donors (Lipinski definition) is 3. The van der Waals surface area contributed by atoms with Crippen LogP contribution in [-0.4, -0.2) is 37.9 Å². The third-order valence-corrected chi connectivity index (χ3v) is 5.86. The maximum Gasteiger partial charge on any atom is 0.308 e. The molecule has 0 aromatic heterocycles. The second-order valence-corrected chi connectivity index (χ2v) is 8.40. The van der Waals surface area contributed by atoms with E-state index in [4.69, 9.17) is 5.11 Å². The predicted octanol–water partition coefficient (Wildman–Crippen LogP) is 2.02. The molecule has 11 heteroatoms. The van der Waals surface area contributed by atoms with E-state index in [1.165, 1.54) is 42.2 Å². The summed E-state index contributed by atoms with van der Waals surface area (Å²) < 4.78 is 41.2.